The van der Waals surface area contributed by atoms with Gasteiger partial charge in [0.25, 0.3) is 16.8 Å². The van der Waals surface area contributed by atoms with Gasteiger partial charge in [-0.15, -0.1) is 0 Å². The van der Waals surface area contributed by atoms with Crippen LogP contribution in [0.3, 0.4) is 0 Å². The number of thioether (sulfide) groups is 1. The van der Waals surface area contributed by atoms with Crippen LogP contribution in [-0.2, 0) is 11.3 Å². The van der Waals surface area contributed by atoms with Gasteiger partial charge in [-0.25, -0.2) is 4.79 Å². The first kappa shape index (κ1) is 23.7. The summed E-state index contributed by atoms with van der Waals surface area (Å²) >= 11 is 0.726. The lowest BCUT2D eigenvalue weighted by atomic mass is 10.1. The molecular weight excluding hydrogens is 472 g/mol. The fourth-order valence-corrected chi connectivity index (χ4v) is 4.21. The van der Waals surface area contributed by atoms with Crippen LogP contribution < -0.4 is 9.47 Å². The minimum atomic E-state index is -0.578. The number of nitro benzene ring substituents is 1. The van der Waals surface area contributed by atoms with E-state index in [1.165, 1.54) is 37.5 Å². The third-order valence-electron chi connectivity index (χ3n) is 5.09. The van der Waals surface area contributed by atoms with Crippen molar-refractivity contribution in [1.29, 1.82) is 0 Å². The van der Waals surface area contributed by atoms with Gasteiger partial charge in [-0.3, -0.25) is 24.6 Å². The minimum Gasteiger partial charge on any atom is -0.493 e. The average molecular weight is 490 g/mol. The zero-order valence-electron chi connectivity index (χ0n) is 18.4. The number of nitrogens with zero attached hydrogens (tertiary/aromatic N) is 2. The highest BCUT2D eigenvalue weighted by atomic mass is 32.2. The Balaban J connectivity index is 1.57. The summed E-state index contributed by atoms with van der Waals surface area (Å²) < 4.78 is 10.8. The van der Waals surface area contributed by atoms with Crippen LogP contribution in [0.4, 0.5) is 10.5 Å². The molecule has 0 radical (unpaired) electrons. The molecule has 2 amide bonds. The number of esters is 1. The highest BCUT2D eigenvalue weighted by Gasteiger charge is 2.36. The number of imide groups is 1. The quantitative estimate of drug-likeness (QED) is 0.148. The Hall–Kier alpha value is -4.44. The molecule has 10 heteroatoms. The molecule has 1 saturated heterocycles. The van der Waals surface area contributed by atoms with Crippen LogP contribution in [0.1, 0.15) is 21.5 Å². The molecule has 35 heavy (non-hydrogen) atoms. The summed E-state index contributed by atoms with van der Waals surface area (Å²) in [6, 6.07) is 19.1. The van der Waals surface area contributed by atoms with Crippen molar-refractivity contribution >= 4 is 40.6 Å². The van der Waals surface area contributed by atoms with Gasteiger partial charge in [0, 0.05) is 11.6 Å². The van der Waals surface area contributed by atoms with E-state index in [-0.39, 0.29) is 28.5 Å². The molecule has 1 aliphatic rings. The number of para-hydroxylation sites is 1. The zero-order chi connectivity index (χ0) is 24.9. The number of amides is 2. The SMILES string of the molecule is COc1ccc(/C=C2\SC(=O)N(Cc3ccccc3[N+](=O)[O-])C2=O)cc1OC(=O)c1ccccc1. The van der Waals surface area contributed by atoms with Crippen molar-refractivity contribution in [3.8, 4) is 11.5 Å². The van der Waals surface area contributed by atoms with Crippen molar-refractivity contribution in [2.75, 3.05) is 7.11 Å². The van der Waals surface area contributed by atoms with E-state index < -0.39 is 22.0 Å². The van der Waals surface area contributed by atoms with Gasteiger partial charge in [-0.2, -0.15) is 0 Å². The van der Waals surface area contributed by atoms with Crippen LogP contribution in [0, 0.1) is 10.1 Å². The van der Waals surface area contributed by atoms with Gasteiger partial charge in [-0.05, 0) is 47.7 Å². The number of rotatable bonds is 7. The Labute approximate surface area is 204 Å². The first-order valence-electron chi connectivity index (χ1n) is 10.3. The van der Waals surface area contributed by atoms with Gasteiger partial charge in [0.1, 0.15) is 0 Å². The maximum atomic E-state index is 12.9. The van der Waals surface area contributed by atoms with Crippen LogP contribution >= 0.6 is 11.8 Å². The van der Waals surface area contributed by atoms with Crippen molar-refractivity contribution in [3.63, 3.8) is 0 Å². The zero-order valence-corrected chi connectivity index (χ0v) is 19.2. The Morgan fingerprint density at radius 1 is 1.03 bits per heavy atom. The molecule has 0 bridgehead atoms. The molecule has 0 aliphatic carbocycles. The third kappa shape index (κ3) is 5.22. The summed E-state index contributed by atoms with van der Waals surface area (Å²) in [5.74, 6) is -0.687. The normalized spacial score (nSPS) is 14.3. The van der Waals surface area contributed by atoms with Crippen LogP contribution in [0.15, 0.2) is 77.7 Å². The number of ether oxygens (including phenoxy) is 2. The second-order valence-electron chi connectivity index (χ2n) is 7.32. The summed E-state index contributed by atoms with van der Waals surface area (Å²) in [5, 5.41) is 10.7. The van der Waals surface area contributed by atoms with Gasteiger partial charge in [0.2, 0.25) is 0 Å². The van der Waals surface area contributed by atoms with Gasteiger partial charge >= 0.3 is 5.97 Å². The highest BCUT2D eigenvalue weighted by molar-refractivity contribution is 8.18. The molecule has 0 aromatic heterocycles. The van der Waals surface area contributed by atoms with Crippen LogP contribution in [0.5, 0.6) is 11.5 Å². The van der Waals surface area contributed by atoms with E-state index in [1.807, 2.05) is 0 Å². The summed E-state index contributed by atoms with van der Waals surface area (Å²) in [6.45, 7) is -0.221. The van der Waals surface area contributed by atoms with E-state index in [9.17, 15) is 24.5 Å². The molecule has 176 valence electrons. The van der Waals surface area contributed by atoms with Crippen molar-refractivity contribution < 1.29 is 28.8 Å². The summed E-state index contributed by atoms with van der Waals surface area (Å²) in [7, 11) is 1.43. The lowest BCUT2D eigenvalue weighted by molar-refractivity contribution is -0.385. The molecule has 4 rings (SSSR count). The molecule has 0 spiro atoms. The average Bonchev–Trinajstić information content (AvgIpc) is 3.12. The number of benzene rings is 3. The third-order valence-corrected chi connectivity index (χ3v) is 6.00. The Morgan fingerprint density at radius 2 is 1.74 bits per heavy atom. The summed E-state index contributed by atoms with van der Waals surface area (Å²) in [5.41, 5.74) is 0.935. The van der Waals surface area contributed by atoms with Gasteiger partial charge in [-0.1, -0.05) is 42.5 Å². The molecule has 0 N–H and O–H groups in total. The smallest absolute Gasteiger partial charge is 0.343 e. The van der Waals surface area contributed by atoms with E-state index >= 15 is 0 Å². The molecule has 1 fully saturated rings. The largest absolute Gasteiger partial charge is 0.493 e. The minimum absolute atomic E-state index is 0.138. The topological polar surface area (TPSA) is 116 Å². The molecule has 0 atom stereocenters. The van der Waals surface area contributed by atoms with Gasteiger partial charge < -0.3 is 9.47 Å². The molecule has 3 aromatic rings. The molecule has 0 saturated carbocycles. The van der Waals surface area contributed by atoms with Gasteiger partial charge in [0.05, 0.1) is 29.0 Å². The molecule has 1 heterocycles. The standard InChI is InChI=1S/C25H18N2O7S/c1-33-20-12-11-16(13-21(20)34-24(29)17-7-3-2-4-8-17)14-22-23(28)26(25(30)35-22)15-18-9-5-6-10-19(18)27(31)32/h2-14H,15H2,1H3/b22-14-. The number of carbonyl (C=O) groups is 3. The molecular formula is C25H18N2O7S. The van der Waals surface area contributed by atoms with Crippen LogP contribution in [-0.4, -0.2) is 34.0 Å². The Kier molecular flexibility index (Phi) is 6.93. The number of nitro groups is 1. The second kappa shape index (κ2) is 10.2. The predicted octanol–water partition coefficient (Wildman–Crippen LogP) is 5.06. The number of carbonyl (C=O) groups excluding carboxylic acids is 3. The van der Waals surface area contributed by atoms with Crippen molar-refractivity contribution in [2.24, 2.45) is 0 Å². The molecule has 9 nitrogen and oxygen atoms in total. The predicted molar refractivity (Wildman–Crippen MR) is 129 cm³/mol. The van der Waals surface area contributed by atoms with Crippen LogP contribution in [0.2, 0.25) is 0 Å². The lowest BCUT2D eigenvalue weighted by Gasteiger charge is -2.12. The fourth-order valence-electron chi connectivity index (χ4n) is 3.38. The van der Waals surface area contributed by atoms with E-state index in [2.05, 4.69) is 0 Å². The number of hydrogen-bond donors (Lipinski definition) is 0. The van der Waals surface area contributed by atoms with E-state index in [0.717, 1.165) is 16.7 Å². The van der Waals surface area contributed by atoms with E-state index in [4.69, 9.17) is 9.47 Å². The second-order valence-corrected chi connectivity index (χ2v) is 8.31. The van der Waals surface area contributed by atoms with Crippen LogP contribution in [0.25, 0.3) is 6.08 Å². The highest BCUT2D eigenvalue weighted by Crippen LogP contribution is 2.36. The molecule has 3 aromatic carbocycles. The van der Waals surface area contributed by atoms with Crippen molar-refractivity contribution in [3.05, 3.63) is 105 Å². The Bertz CT molecular complexity index is 1350. The number of hydrogen-bond acceptors (Lipinski definition) is 8. The van der Waals surface area contributed by atoms with E-state index in [0.29, 0.717) is 16.9 Å². The lowest BCUT2D eigenvalue weighted by Crippen LogP contribution is -2.27. The molecule has 0 unspecified atom stereocenters. The fraction of sp³-hybridized carbons (Fsp3) is 0.0800. The van der Waals surface area contributed by atoms with E-state index in [1.54, 1.807) is 48.5 Å². The first-order chi connectivity index (χ1) is 16.9. The van der Waals surface area contributed by atoms with Crippen molar-refractivity contribution in [1.82, 2.24) is 4.90 Å². The first-order valence-corrected chi connectivity index (χ1v) is 11.1. The van der Waals surface area contributed by atoms with Crippen molar-refractivity contribution in [2.45, 2.75) is 6.54 Å². The summed E-state index contributed by atoms with van der Waals surface area (Å²) in [6.07, 6.45) is 1.49. The maximum absolute atomic E-state index is 12.9. The Morgan fingerprint density at radius 3 is 2.46 bits per heavy atom. The maximum Gasteiger partial charge on any atom is 0.343 e. The van der Waals surface area contributed by atoms with Gasteiger partial charge in [0.15, 0.2) is 11.5 Å². The monoisotopic (exact) mass is 490 g/mol. The summed E-state index contributed by atoms with van der Waals surface area (Å²) in [4.78, 5) is 49.7. The molecule has 1 aliphatic heterocycles. The number of methoxy groups -OCH3 is 1.